The Morgan fingerprint density at radius 3 is 2.43 bits per heavy atom. The van der Waals surface area contributed by atoms with Crippen LogP contribution in [0.25, 0.3) is 22.2 Å². The van der Waals surface area contributed by atoms with Crippen molar-refractivity contribution < 1.29 is 9.53 Å². The largest absolute Gasteiger partial charge is 0.494 e. The summed E-state index contributed by atoms with van der Waals surface area (Å²) in [6.45, 7) is 6.94. The normalized spacial score (nSPS) is 13.2. The molecule has 0 unspecified atom stereocenters. The molecule has 0 spiro atoms. The molecule has 9 heteroatoms. The van der Waals surface area contributed by atoms with E-state index in [0.717, 1.165) is 54.0 Å². The van der Waals surface area contributed by atoms with Crippen molar-refractivity contribution in [2.45, 2.75) is 0 Å². The van der Waals surface area contributed by atoms with E-state index < -0.39 is 0 Å². The van der Waals surface area contributed by atoms with Crippen molar-refractivity contribution in [2.75, 3.05) is 53.7 Å². The standard InChI is InChI=1S/C33H33N7O2/c1-4-33(41)37-27-18-28(31(42-3)20-30(27)40-16-14-39(15-17-40)23-10-6-5-7-11-23)36-32-19-26(34-22-35-32)25-21-38(2)29-13-9-8-12-24(25)29/h4-13,18-22H,1,14-17H2,2-3H3,(H,37,41)(H,34,35,36). The first-order chi connectivity index (χ1) is 20.5. The third-order valence-electron chi connectivity index (χ3n) is 7.61. The molecule has 3 aromatic carbocycles. The fourth-order valence-electron chi connectivity index (χ4n) is 5.48. The van der Waals surface area contributed by atoms with Crippen LogP contribution in [0.15, 0.2) is 98.0 Å². The Hall–Kier alpha value is -5.31. The van der Waals surface area contributed by atoms with Crippen molar-refractivity contribution in [1.29, 1.82) is 0 Å². The van der Waals surface area contributed by atoms with Gasteiger partial charge in [-0.2, -0.15) is 0 Å². The number of nitrogens with zero attached hydrogens (tertiary/aromatic N) is 5. The second-order valence-corrected chi connectivity index (χ2v) is 10.2. The number of benzene rings is 3. The maximum atomic E-state index is 12.5. The Morgan fingerprint density at radius 1 is 0.929 bits per heavy atom. The second-order valence-electron chi connectivity index (χ2n) is 10.2. The van der Waals surface area contributed by atoms with E-state index in [0.29, 0.717) is 22.9 Å². The number of piperazine rings is 1. The number of ether oxygens (including phenoxy) is 1. The first-order valence-electron chi connectivity index (χ1n) is 13.9. The van der Waals surface area contributed by atoms with E-state index in [1.54, 1.807) is 13.4 Å². The first-order valence-corrected chi connectivity index (χ1v) is 13.9. The van der Waals surface area contributed by atoms with Crippen LogP contribution in [-0.2, 0) is 11.8 Å². The van der Waals surface area contributed by atoms with E-state index >= 15 is 0 Å². The predicted octanol–water partition coefficient (Wildman–Crippen LogP) is 5.84. The molecular formula is C33H33N7O2. The minimum absolute atomic E-state index is 0.282. The van der Waals surface area contributed by atoms with Gasteiger partial charge in [-0.1, -0.05) is 43.0 Å². The zero-order valence-corrected chi connectivity index (χ0v) is 23.7. The molecule has 9 nitrogen and oxygen atoms in total. The van der Waals surface area contributed by atoms with Crippen molar-refractivity contribution in [3.05, 3.63) is 98.0 Å². The number of nitrogens with one attached hydrogen (secondary N) is 2. The molecule has 2 aromatic heterocycles. The molecule has 1 amide bonds. The van der Waals surface area contributed by atoms with Crippen LogP contribution in [-0.4, -0.2) is 53.7 Å². The van der Waals surface area contributed by atoms with Gasteiger partial charge in [-0.3, -0.25) is 4.79 Å². The van der Waals surface area contributed by atoms with E-state index in [4.69, 9.17) is 4.74 Å². The van der Waals surface area contributed by atoms with Crippen LogP contribution in [0.5, 0.6) is 5.75 Å². The number of methoxy groups -OCH3 is 1. The predicted molar refractivity (Wildman–Crippen MR) is 170 cm³/mol. The lowest BCUT2D eigenvalue weighted by molar-refractivity contribution is -0.111. The lowest BCUT2D eigenvalue weighted by Crippen LogP contribution is -2.46. The maximum Gasteiger partial charge on any atom is 0.247 e. The first kappa shape index (κ1) is 26.9. The van der Waals surface area contributed by atoms with Crippen LogP contribution < -0.4 is 25.2 Å². The number of hydrogen-bond donors (Lipinski definition) is 2. The van der Waals surface area contributed by atoms with Crippen LogP contribution in [0.4, 0.5) is 28.6 Å². The topological polar surface area (TPSA) is 87.5 Å². The van der Waals surface area contributed by atoms with Gasteiger partial charge in [0.2, 0.25) is 5.91 Å². The number of anilines is 5. The molecule has 2 N–H and O–H groups in total. The van der Waals surface area contributed by atoms with Gasteiger partial charge in [0.25, 0.3) is 0 Å². The number of aromatic nitrogens is 3. The number of amides is 1. The number of carbonyl (C=O) groups excluding carboxylic acids is 1. The van der Waals surface area contributed by atoms with Gasteiger partial charge in [0, 0.05) is 73.7 Å². The Morgan fingerprint density at radius 2 is 1.67 bits per heavy atom. The molecule has 1 aliphatic rings. The Labute approximate surface area is 245 Å². The quantitative estimate of drug-likeness (QED) is 0.231. The van der Waals surface area contributed by atoms with Gasteiger partial charge >= 0.3 is 0 Å². The summed E-state index contributed by atoms with van der Waals surface area (Å²) in [6.07, 6.45) is 4.90. The van der Waals surface area contributed by atoms with Crippen LogP contribution in [0.3, 0.4) is 0 Å². The highest BCUT2D eigenvalue weighted by molar-refractivity contribution is 6.02. The molecule has 6 rings (SSSR count). The fourth-order valence-corrected chi connectivity index (χ4v) is 5.48. The minimum atomic E-state index is -0.282. The molecule has 5 aromatic rings. The van der Waals surface area contributed by atoms with Gasteiger partial charge in [-0.15, -0.1) is 0 Å². The molecule has 0 aliphatic carbocycles. The molecule has 42 heavy (non-hydrogen) atoms. The van der Waals surface area contributed by atoms with Crippen molar-refractivity contribution >= 4 is 45.4 Å². The Balaban J connectivity index is 1.30. The molecule has 0 saturated carbocycles. The van der Waals surface area contributed by atoms with Crippen LogP contribution in [0.1, 0.15) is 0 Å². The van der Waals surface area contributed by atoms with Gasteiger partial charge in [-0.25, -0.2) is 9.97 Å². The SMILES string of the molecule is C=CC(=O)Nc1cc(Nc2cc(-c3cn(C)c4ccccc34)ncn2)c(OC)cc1N1CCN(c2ccccc2)CC1. The number of fused-ring (bicyclic) bond motifs is 1. The van der Waals surface area contributed by atoms with Gasteiger partial charge in [0.05, 0.1) is 29.9 Å². The van der Waals surface area contributed by atoms with Crippen LogP contribution in [0, 0.1) is 0 Å². The number of hydrogen-bond acceptors (Lipinski definition) is 7. The molecule has 212 valence electrons. The summed E-state index contributed by atoms with van der Waals surface area (Å²) in [4.78, 5) is 26.1. The summed E-state index contributed by atoms with van der Waals surface area (Å²) >= 11 is 0. The molecule has 0 bridgehead atoms. The fraction of sp³-hybridized carbons (Fsp3) is 0.182. The average Bonchev–Trinajstić information content (AvgIpc) is 3.38. The highest BCUT2D eigenvalue weighted by Crippen LogP contribution is 2.39. The number of rotatable bonds is 8. The highest BCUT2D eigenvalue weighted by atomic mass is 16.5. The van der Waals surface area contributed by atoms with Gasteiger partial charge in [0.1, 0.15) is 17.9 Å². The molecule has 3 heterocycles. The van der Waals surface area contributed by atoms with Crippen molar-refractivity contribution in [3.63, 3.8) is 0 Å². The zero-order chi connectivity index (χ0) is 29.1. The Kier molecular flexibility index (Phi) is 7.47. The number of para-hydroxylation sites is 2. The van der Waals surface area contributed by atoms with Crippen molar-refractivity contribution in [1.82, 2.24) is 14.5 Å². The van der Waals surface area contributed by atoms with Gasteiger partial charge in [-0.05, 0) is 30.3 Å². The Bertz CT molecular complexity index is 1740. The number of aryl methyl sites for hydroxylation is 1. The smallest absolute Gasteiger partial charge is 0.247 e. The summed E-state index contributed by atoms with van der Waals surface area (Å²) in [5, 5.41) is 7.51. The summed E-state index contributed by atoms with van der Waals surface area (Å²) in [7, 11) is 3.67. The molecule has 0 atom stereocenters. The number of carbonyl (C=O) groups is 1. The summed E-state index contributed by atoms with van der Waals surface area (Å²) in [5.74, 6) is 0.962. The lowest BCUT2D eigenvalue weighted by atomic mass is 10.1. The monoisotopic (exact) mass is 559 g/mol. The van der Waals surface area contributed by atoms with E-state index in [1.165, 1.54) is 11.8 Å². The summed E-state index contributed by atoms with van der Waals surface area (Å²) < 4.78 is 7.92. The summed E-state index contributed by atoms with van der Waals surface area (Å²) in [6, 6.07) is 24.4. The van der Waals surface area contributed by atoms with Crippen LogP contribution >= 0.6 is 0 Å². The van der Waals surface area contributed by atoms with E-state index in [9.17, 15) is 4.79 Å². The highest BCUT2D eigenvalue weighted by Gasteiger charge is 2.23. The van der Waals surface area contributed by atoms with Crippen molar-refractivity contribution in [2.24, 2.45) is 7.05 Å². The average molecular weight is 560 g/mol. The molecule has 1 saturated heterocycles. The third-order valence-corrected chi connectivity index (χ3v) is 7.61. The van der Waals surface area contributed by atoms with Gasteiger partial charge in [0.15, 0.2) is 0 Å². The summed E-state index contributed by atoms with van der Waals surface area (Å²) in [5.41, 5.74) is 6.39. The van der Waals surface area contributed by atoms with Gasteiger partial charge < -0.3 is 29.7 Å². The molecule has 1 aliphatic heterocycles. The van der Waals surface area contributed by atoms with Crippen LogP contribution in [0.2, 0.25) is 0 Å². The molecular weight excluding hydrogens is 526 g/mol. The van der Waals surface area contributed by atoms with Crippen molar-refractivity contribution in [3.8, 4) is 17.0 Å². The second kappa shape index (κ2) is 11.7. The lowest BCUT2D eigenvalue weighted by Gasteiger charge is -2.38. The molecule has 0 radical (unpaired) electrons. The maximum absolute atomic E-state index is 12.5. The third kappa shape index (κ3) is 5.36. The minimum Gasteiger partial charge on any atom is -0.494 e. The van der Waals surface area contributed by atoms with E-state index in [-0.39, 0.29) is 5.91 Å². The van der Waals surface area contributed by atoms with E-state index in [2.05, 4.69) is 84.1 Å². The zero-order valence-electron chi connectivity index (χ0n) is 23.7. The molecule has 1 fully saturated rings. The van der Waals surface area contributed by atoms with E-state index in [1.807, 2.05) is 43.4 Å².